The minimum absolute atomic E-state index is 0.0374. The Morgan fingerprint density at radius 1 is 1.36 bits per heavy atom. The first-order valence-corrected chi connectivity index (χ1v) is 5.18. The van der Waals surface area contributed by atoms with Crippen LogP contribution in [0.4, 0.5) is 0 Å². The van der Waals surface area contributed by atoms with Crippen LogP contribution in [0.2, 0.25) is 0 Å². The van der Waals surface area contributed by atoms with E-state index in [0.717, 1.165) is 25.7 Å². The predicted octanol–water partition coefficient (Wildman–Crippen LogP) is 0.910. The highest BCUT2D eigenvalue weighted by Gasteiger charge is 2.48. The first-order valence-electron chi connectivity index (χ1n) is 5.18. The first-order chi connectivity index (χ1) is 6.64. The Kier molecular flexibility index (Phi) is 2.21. The molecule has 0 bridgehead atoms. The molecule has 14 heavy (non-hydrogen) atoms. The summed E-state index contributed by atoms with van der Waals surface area (Å²) in [6.45, 7) is 0. The molecule has 0 aromatic heterocycles. The summed E-state index contributed by atoms with van der Waals surface area (Å²) >= 11 is 0. The van der Waals surface area contributed by atoms with Crippen molar-refractivity contribution in [3.63, 3.8) is 0 Å². The van der Waals surface area contributed by atoms with Gasteiger partial charge >= 0.3 is 5.97 Å². The van der Waals surface area contributed by atoms with Gasteiger partial charge in [0.2, 0.25) is 5.91 Å². The fraction of sp³-hybridized carbons (Fsp3) is 0.800. The van der Waals surface area contributed by atoms with Gasteiger partial charge in [-0.2, -0.15) is 0 Å². The van der Waals surface area contributed by atoms with Crippen molar-refractivity contribution in [3.8, 4) is 0 Å². The molecule has 0 unspecified atom stereocenters. The average Bonchev–Trinajstić information content (AvgIpc) is 2.46. The van der Waals surface area contributed by atoms with Gasteiger partial charge in [-0.3, -0.25) is 4.79 Å². The molecule has 78 valence electrons. The van der Waals surface area contributed by atoms with Gasteiger partial charge in [-0.25, -0.2) is 4.79 Å². The monoisotopic (exact) mass is 197 g/mol. The predicted molar refractivity (Wildman–Crippen MR) is 49.7 cm³/mol. The number of carbonyl (C=O) groups excluding carboxylic acids is 1. The zero-order valence-corrected chi connectivity index (χ0v) is 8.08. The lowest BCUT2D eigenvalue weighted by Crippen LogP contribution is -2.35. The molecule has 0 aromatic rings. The molecule has 1 spiro atoms. The molecular weight excluding hydrogens is 182 g/mol. The highest BCUT2D eigenvalue weighted by atomic mass is 16.4. The van der Waals surface area contributed by atoms with Gasteiger partial charge in [0.1, 0.15) is 6.04 Å². The molecule has 1 atom stereocenters. The molecular formula is C10H15NO3. The number of aliphatic carboxylic acids is 1. The molecule has 2 fully saturated rings. The minimum atomic E-state index is -0.902. The van der Waals surface area contributed by atoms with E-state index in [0.29, 0.717) is 6.42 Å². The van der Waals surface area contributed by atoms with Crippen molar-refractivity contribution in [2.75, 3.05) is 0 Å². The van der Waals surface area contributed by atoms with Gasteiger partial charge in [0, 0.05) is 0 Å². The molecule has 1 aliphatic carbocycles. The Morgan fingerprint density at radius 3 is 2.50 bits per heavy atom. The van der Waals surface area contributed by atoms with Crippen molar-refractivity contribution < 1.29 is 14.7 Å². The van der Waals surface area contributed by atoms with Crippen LogP contribution < -0.4 is 5.32 Å². The summed E-state index contributed by atoms with van der Waals surface area (Å²) in [4.78, 5) is 22.4. The van der Waals surface area contributed by atoms with Gasteiger partial charge in [-0.1, -0.05) is 19.3 Å². The number of amides is 1. The molecule has 2 aliphatic rings. The number of nitrogens with one attached hydrogen (secondary N) is 1. The molecule has 1 amide bonds. The third-order valence-corrected chi connectivity index (χ3v) is 3.49. The molecule has 1 heterocycles. The fourth-order valence-electron chi connectivity index (χ4n) is 2.65. The van der Waals surface area contributed by atoms with E-state index in [1.807, 2.05) is 0 Å². The highest BCUT2D eigenvalue weighted by Crippen LogP contribution is 2.43. The van der Waals surface area contributed by atoms with E-state index in [1.54, 1.807) is 0 Å². The third-order valence-electron chi connectivity index (χ3n) is 3.49. The molecule has 4 nitrogen and oxygen atoms in total. The van der Waals surface area contributed by atoms with E-state index >= 15 is 0 Å². The van der Waals surface area contributed by atoms with Crippen molar-refractivity contribution in [3.05, 3.63) is 0 Å². The normalized spacial score (nSPS) is 30.3. The molecule has 1 aliphatic heterocycles. The lowest BCUT2D eigenvalue weighted by atomic mass is 9.72. The summed E-state index contributed by atoms with van der Waals surface area (Å²) in [6, 6.07) is -0.652. The van der Waals surface area contributed by atoms with Crippen LogP contribution in [0.25, 0.3) is 0 Å². The van der Waals surface area contributed by atoms with E-state index in [1.165, 1.54) is 6.42 Å². The van der Waals surface area contributed by atoms with E-state index in [-0.39, 0.29) is 11.3 Å². The van der Waals surface area contributed by atoms with Crippen LogP contribution in [0.15, 0.2) is 0 Å². The quantitative estimate of drug-likeness (QED) is 0.656. The largest absolute Gasteiger partial charge is 0.480 e. The van der Waals surface area contributed by atoms with Crippen molar-refractivity contribution >= 4 is 11.9 Å². The molecule has 0 radical (unpaired) electrons. The summed E-state index contributed by atoms with van der Waals surface area (Å²) in [7, 11) is 0. The standard InChI is InChI=1S/C10H15NO3/c12-8(13)7-6-10(9(14)11-7)4-2-1-3-5-10/h7H,1-6H2,(H,11,14)(H,12,13)/t7-/m1/s1. The average molecular weight is 197 g/mol. The summed E-state index contributed by atoms with van der Waals surface area (Å²) < 4.78 is 0. The van der Waals surface area contributed by atoms with Gasteiger partial charge in [0.05, 0.1) is 5.41 Å². The molecule has 4 heteroatoms. The number of carboxylic acid groups (broad SMARTS) is 1. The lowest BCUT2D eigenvalue weighted by molar-refractivity contribution is -0.140. The maximum atomic E-state index is 11.7. The SMILES string of the molecule is O=C(O)[C@H]1CC2(CCCCC2)C(=O)N1. The Balaban J connectivity index is 2.13. The molecule has 0 aromatic carbocycles. The zero-order chi connectivity index (χ0) is 10.2. The number of carboxylic acids is 1. The summed E-state index contributed by atoms with van der Waals surface area (Å²) in [5, 5.41) is 11.4. The topological polar surface area (TPSA) is 66.4 Å². The van der Waals surface area contributed by atoms with Crippen molar-refractivity contribution in [2.45, 2.75) is 44.6 Å². The number of rotatable bonds is 1. The maximum Gasteiger partial charge on any atom is 0.326 e. The van der Waals surface area contributed by atoms with E-state index in [4.69, 9.17) is 5.11 Å². The summed E-state index contributed by atoms with van der Waals surface area (Å²) in [5.41, 5.74) is -0.346. The van der Waals surface area contributed by atoms with Crippen molar-refractivity contribution in [2.24, 2.45) is 5.41 Å². The Bertz CT molecular complexity index is 269. The molecule has 1 saturated heterocycles. The molecule has 2 rings (SSSR count). The number of hydrogen-bond donors (Lipinski definition) is 2. The number of carbonyl (C=O) groups is 2. The van der Waals surface area contributed by atoms with E-state index in [2.05, 4.69) is 5.32 Å². The van der Waals surface area contributed by atoms with Gasteiger partial charge < -0.3 is 10.4 Å². The Morgan fingerprint density at radius 2 is 2.00 bits per heavy atom. The van der Waals surface area contributed by atoms with E-state index in [9.17, 15) is 9.59 Å². The van der Waals surface area contributed by atoms with Crippen LogP contribution in [-0.4, -0.2) is 23.0 Å². The Labute approximate surface area is 82.7 Å². The van der Waals surface area contributed by atoms with Gasteiger partial charge in [0.25, 0.3) is 0 Å². The minimum Gasteiger partial charge on any atom is -0.480 e. The number of hydrogen-bond acceptors (Lipinski definition) is 2. The van der Waals surface area contributed by atoms with Crippen LogP contribution >= 0.6 is 0 Å². The smallest absolute Gasteiger partial charge is 0.326 e. The van der Waals surface area contributed by atoms with Crippen molar-refractivity contribution in [1.29, 1.82) is 0 Å². The lowest BCUT2D eigenvalue weighted by Gasteiger charge is -2.30. The van der Waals surface area contributed by atoms with Crippen LogP contribution in [-0.2, 0) is 9.59 Å². The van der Waals surface area contributed by atoms with Gasteiger partial charge in [0.15, 0.2) is 0 Å². The second kappa shape index (κ2) is 3.26. The third kappa shape index (κ3) is 1.38. The Hall–Kier alpha value is -1.06. The molecule has 2 N–H and O–H groups in total. The van der Waals surface area contributed by atoms with Gasteiger partial charge in [-0.15, -0.1) is 0 Å². The summed E-state index contributed by atoms with van der Waals surface area (Å²) in [6.07, 6.45) is 5.50. The fourth-order valence-corrected chi connectivity index (χ4v) is 2.65. The van der Waals surface area contributed by atoms with Gasteiger partial charge in [-0.05, 0) is 19.3 Å². The first kappa shape index (κ1) is 9.49. The van der Waals surface area contributed by atoms with Crippen LogP contribution in [0.5, 0.6) is 0 Å². The van der Waals surface area contributed by atoms with E-state index < -0.39 is 12.0 Å². The van der Waals surface area contributed by atoms with Crippen molar-refractivity contribution in [1.82, 2.24) is 5.32 Å². The second-order valence-corrected chi connectivity index (χ2v) is 4.41. The second-order valence-electron chi connectivity index (χ2n) is 4.41. The summed E-state index contributed by atoms with van der Waals surface area (Å²) in [5.74, 6) is -0.939. The van der Waals surface area contributed by atoms with Crippen LogP contribution in [0.3, 0.4) is 0 Å². The maximum absolute atomic E-state index is 11.7. The van der Waals surface area contributed by atoms with Crippen LogP contribution in [0.1, 0.15) is 38.5 Å². The highest BCUT2D eigenvalue weighted by molar-refractivity contribution is 5.91. The molecule has 1 saturated carbocycles. The van der Waals surface area contributed by atoms with Crippen LogP contribution in [0, 0.1) is 5.41 Å². The zero-order valence-electron chi connectivity index (χ0n) is 8.08.